The number of thiazole rings is 4. The summed E-state index contributed by atoms with van der Waals surface area (Å²) < 4.78 is 31.2. The molecule has 10 aromatic rings. The van der Waals surface area contributed by atoms with Gasteiger partial charge in [-0.25, -0.2) is 44.7 Å². The van der Waals surface area contributed by atoms with Crippen molar-refractivity contribution in [3.05, 3.63) is 141 Å². The van der Waals surface area contributed by atoms with E-state index in [2.05, 4.69) is 168 Å². The number of hydrogen-bond acceptors (Lipinski definition) is 34. The summed E-state index contributed by atoms with van der Waals surface area (Å²) in [5, 5.41) is 66.2. The Morgan fingerprint density at radius 2 is 1.10 bits per heavy atom. The van der Waals surface area contributed by atoms with E-state index in [1.165, 1.54) is 44.7 Å². The Bertz CT molecular complexity index is 4870. The van der Waals surface area contributed by atoms with E-state index in [0.29, 0.717) is 77.1 Å². The molecule has 1 aliphatic heterocycles. The molecule has 31 nitrogen and oxygen atoms in total. The molecule has 1 atom stereocenters. The van der Waals surface area contributed by atoms with Crippen molar-refractivity contribution in [2.45, 2.75) is 216 Å². The molecule has 8 N–H and O–H groups in total. The Labute approximate surface area is 764 Å². The zero-order valence-electron chi connectivity index (χ0n) is 71.8. The summed E-state index contributed by atoms with van der Waals surface area (Å²) in [6, 6.07) is 12.1. The number of nitriles is 3. The number of aromatic nitrogens is 13. The first kappa shape index (κ1) is 103. The average Bonchev–Trinajstić information content (AvgIpc) is 1.79. The maximum atomic E-state index is 12.4. The second-order valence-corrected chi connectivity index (χ2v) is 35.1. The van der Waals surface area contributed by atoms with Gasteiger partial charge in [0.1, 0.15) is 57.3 Å². The average molecular weight is 1910 g/mol. The number of rotatable bonds is 19. The first-order valence-electron chi connectivity index (χ1n) is 39.0. The number of piperidine rings is 1. The second-order valence-electron chi connectivity index (χ2n) is 29.0. The standard InChI is InChI=1S/C21H26BrN7O3.C21H24N8S.C12H13BrN2O.C10H18BNO2S.C5H7BrN4.C5H7NS.C4H5NS.C3H7O.Li/c1-21(2,3)32-20(30)29-7-5-6-14(12-29)31-17-8-13(10-25-16(17)9-23)27-19-26-11-15(22)18(24-4)28-19;1-13-12-30-20(26-13)16-11-25-21(29-19(16)23-2)28-15-8-17(18(9-22)24-10-15)27-14-6-4-3-5-7-14;13-9-6-12(11(7-14)15-8-9)16-10-4-2-1-3-5-10;1-7(2)13-11(14-8(3)4)10-12-9(5)6-15-10;1-8-4-3(6)2-9-5(7)10-4;1-4-3-7-5(2)6-4;1-4-2-6-3-5-4;1-3(2)4;/h8,10-11,14H,5-7,12H2,1-4H3,(H2,24,26,27,28);8,10-12,14,27H,3-7H2,1-2H3,(H2,23,25,28,29);6,8,10H,1-5H2;6-8H,1-5H3;2H,1H3,(H3,7,8,9,10);3H,1-2H3;2-3H,1H3;3H,1-2H3;/q;;;;;;;-1;+1. The van der Waals surface area contributed by atoms with Crippen LogP contribution in [0.3, 0.4) is 0 Å². The maximum absolute atomic E-state index is 12.4. The summed E-state index contributed by atoms with van der Waals surface area (Å²) in [6.07, 6.45) is 22.6. The molecule has 121 heavy (non-hydrogen) atoms. The minimum atomic E-state index is -0.564. The number of hydrogen-bond donors (Lipinski definition) is 7. The van der Waals surface area contributed by atoms with Crippen LogP contribution in [0.4, 0.5) is 57.2 Å². The van der Waals surface area contributed by atoms with Crippen molar-refractivity contribution in [1.29, 1.82) is 15.8 Å². The number of anilines is 9. The van der Waals surface area contributed by atoms with Crippen LogP contribution < -0.4 is 76.0 Å². The van der Waals surface area contributed by atoms with Gasteiger partial charge in [-0.1, -0.05) is 39.5 Å². The van der Waals surface area contributed by atoms with E-state index in [0.717, 1.165) is 107 Å². The molecule has 10 aromatic heterocycles. The van der Waals surface area contributed by atoms with Gasteiger partial charge in [-0.2, -0.15) is 30.7 Å². The Hall–Kier alpha value is -8.87. The Kier molecular flexibility index (Phi) is 45.7. The molecule has 3 fully saturated rings. The predicted octanol–water partition coefficient (Wildman–Crippen LogP) is 15.0. The first-order chi connectivity index (χ1) is 57.3. The van der Waals surface area contributed by atoms with Crippen LogP contribution in [-0.2, 0) is 14.0 Å². The molecule has 11 heterocycles. The Morgan fingerprint density at radius 3 is 1.60 bits per heavy atom. The summed E-state index contributed by atoms with van der Waals surface area (Å²) in [7, 11) is 5.03. The molecule has 0 spiro atoms. The molecule has 2 saturated carbocycles. The third-order valence-electron chi connectivity index (χ3n) is 16.3. The van der Waals surface area contributed by atoms with Gasteiger partial charge in [-0.15, -0.1) is 51.5 Å². The zero-order valence-corrected chi connectivity index (χ0v) is 79.9. The van der Waals surface area contributed by atoms with Crippen LogP contribution in [0.5, 0.6) is 11.5 Å². The number of amides is 1. The number of carbonyl (C=O) groups is 1. The van der Waals surface area contributed by atoms with Crippen LogP contribution >= 0.6 is 93.1 Å². The van der Waals surface area contributed by atoms with Crippen molar-refractivity contribution < 1.29 is 52.3 Å². The second kappa shape index (κ2) is 53.9. The predicted molar refractivity (Wildman–Crippen MR) is 489 cm³/mol. The fourth-order valence-corrected chi connectivity index (χ4v) is 14.9. The molecule has 0 bridgehead atoms. The van der Waals surface area contributed by atoms with Crippen LogP contribution in [0.15, 0.2) is 95.8 Å². The molecule has 3 aliphatic rings. The van der Waals surface area contributed by atoms with Gasteiger partial charge in [-0.05, 0) is 194 Å². The topological polar surface area (TPSA) is 427 Å². The van der Waals surface area contributed by atoms with Crippen molar-refractivity contribution >= 4 is 164 Å². The SMILES string of the molecule is CC(C)[O-].CNc1nc(N)ncc1Br.CNc1nc(Nc2cnc(C#N)c(NC3CCCCC3)c2)ncc1-c1nc(C)cs1.CNc1nc(Nc2cnc(C#N)c(OC3CCCN(C(=O)OC(C)(C)C)C3)c2)ncc1Br.Cc1csc(B(OC(C)C)OC(C)C)n1.Cc1csc(C)n1.Cc1cscn1.N#Cc1ncc(Br)cc1OC1CCCCC1.[Li+]. The van der Waals surface area contributed by atoms with Gasteiger partial charge >= 0.3 is 32.1 Å². The van der Waals surface area contributed by atoms with Gasteiger partial charge in [0.15, 0.2) is 28.6 Å². The summed E-state index contributed by atoms with van der Waals surface area (Å²) in [5.41, 5.74) is 14.7. The smallest absolute Gasteiger partial charge is 0.852 e. The largest absolute Gasteiger partial charge is 1.00 e. The van der Waals surface area contributed by atoms with E-state index in [-0.39, 0.29) is 68.1 Å². The Balaban J connectivity index is 0.000000266. The Morgan fingerprint density at radius 1 is 0.587 bits per heavy atom. The summed E-state index contributed by atoms with van der Waals surface area (Å²) in [6.45, 7) is 27.6. The van der Waals surface area contributed by atoms with E-state index in [1.54, 1.807) is 115 Å². The molecular formula is C81H107BBr3LiN24O7S4. The van der Waals surface area contributed by atoms with Gasteiger partial charge in [0.2, 0.25) is 17.8 Å². The fraction of sp³-hybridized carbons (Fsp3) is 0.469. The van der Waals surface area contributed by atoms with Crippen LogP contribution in [-0.4, -0.2) is 159 Å². The van der Waals surface area contributed by atoms with Gasteiger partial charge in [0, 0.05) is 126 Å². The zero-order chi connectivity index (χ0) is 87.8. The number of carbonyl (C=O) groups excluding carboxylic acids is 1. The number of aryl methyl sites for hydroxylation is 5. The molecular weight excluding hydrogens is 1810 g/mol. The van der Waals surface area contributed by atoms with Crippen molar-refractivity contribution in [1.82, 2.24) is 69.7 Å². The monoisotopic (exact) mass is 1910 g/mol. The number of nitrogens with zero attached hydrogens (tertiary/aromatic N) is 17. The van der Waals surface area contributed by atoms with Crippen LogP contribution in [0.1, 0.15) is 184 Å². The van der Waals surface area contributed by atoms with Gasteiger partial charge in [0.25, 0.3) is 0 Å². The molecule has 0 aromatic carbocycles. The van der Waals surface area contributed by atoms with E-state index in [1.807, 2.05) is 124 Å². The van der Waals surface area contributed by atoms with Gasteiger partial charge in [-0.3, -0.25) is 9.97 Å². The molecule has 1 unspecified atom stereocenters. The van der Waals surface area contributed by atoms with Gasteiger partial charge < -0.3 is 71.2 Å². The summed E-state index contributed by atoms with van der Waals surface area (Å²) in [5.74, 6) is 4.05. The third-order valence-corrected chi connectivity index (χ3v) is 21.5. The summed E-state index contributed by atoms with van der Waals surface area (Å²) in [4.78, 5) is 69.7. The molecule has 642 valence electrons. The van der Waals surface area contributed by atoms with Crippen molar-refractivity contribution in [2.75, 3.05) is 71.9 Å². The fourth-order valence-electron chi connectivity index (χ4n) is 11.1. The minimum absolute atomic E-state index is 0. The van der Waals surface area contributed by atoms with Crippen LogP contribution in [0, 0.1) is 68.6 Å². The molecule has 40 heteroatoms. The van der Waals surface area contributed by atoms with Crippen LogP contribution in [0.25, 0.3) is 10.6 Å². The number of nitrogens with two attached hydrogens (primary N) is 1. The number of ether oxygens (including phenoxy) is 3. The third kappa shape index (κ3) is 38.2. The molecule has 0 radical (unpaired) electrons. The van der Waals surface area contributed by atoms with E-state index >= 15 is 0 Å². The van der Waals surface area contributed by atoms with E-state index in [9.17, 15) is 20.4 Å². The number of pyridine rings is 3. The van der Waals surface area contributed by atoms with Crippen LogP contribution in [0.2, 0.25) is 0 Å². The van der Waals surface area contributed by atoms with Crippen molar-refractivity contribution in [3.63, 3.8) is 0 Å². The summed E-state index contributed by atoms with van der Waals surface area (Å²) >= 11 is 16.4. The number of nitrogens with one attached hydrogen (secondary N) is 6. The molecule has 2 aliphatic carbocycles. The van der Waals surface area contributed by atoms with E-state index < -0.39 is 11.7 Å². The first-order valence-corrected chi connectivity index (χ1v) is 45.0. The molecule has 13 rings (SSSR count). The molecule has 1 saturated heterocycles. The maximum Gasteiger partial charge on any atom is 1.00 e. The van der Waals surface area contributed by atoms with Crippen molar-refractivity contribution in [3.8, 4) is 40.3 Å². The van der Waals surface area contributed by atoms with E-state index in [4.69, 9.17) is 34.5 Å². The number of halogens is 3. The quantitative estimate of drug-likeness (QED) is 0.0370. The van der Waals surface area contributed by atoms with Crippen molar-refractivity contribution in [2.24, 2.45) is 0 Å². The van der Waals surface area contributed by atoms with Gasteiger partial charge in [0.05, 0.1) is 67.1 Å². The minimum Gasteiger partial charge on any atom is -0.852 e. The number of nitrogen functional groups attached to an aromatic ring is 1. The molecule has 1 amide bonds. The normalized spacial score (nSPS) is 13.5. The number of likely N-dealkylation sites (tertiary alicyclic amines) is 1.